The fourth-order valence-electron chi connectivity index (χ4n) is 2.27. The van der Waals surface area contributed by atoms with Crippen molar-refractivity contribution in [1.29, 1.82) is 5.26 Å². The van der Waals surface area contributed by atoms with Crippen LogP contribution in [-0.2, 0) is 0 Å². The molecule has 0 spiro atoms. The summed E-state index contributed by atoms with van der Waals surface area (Å²) in [7, 11) is 0. The van der Waals surface area contributed by atoms with Gasteiger partial charge in [0.25, 0.3) is 5.91 Å². The maximum absolute atomic E-state index is 12.5. The topological polar surface area (TPSA) is 77.8 Å². The number of hydrogen-bond donors (Lipinski definition) is 2. The Morgan fingerprint density at radius 3 is 2.50 bits per heavy atom. The number of nitriles is 1. The molecule has 7 heteroatoms. The highest BCUT2D eigenvalue weighted by Gasteiger charge is 2.12. The summed E-state index contributed by atoms with van der Waals surface area (Å²) < 4.78 is 0. The van der Waals surface area contributed by atoms with Crippen LogP contribution in [0.2, 0.25) is 10.0 Å². The van der Waals surface area contributed by atoms with E-state index in [1.54, 1.807) is 54.6 Å². The van der Waals surface area contributed by atoms with E-state index >= 15 is 0 Å². The van der Waals surface area contributed by atoms with Gasteiger partial charge in [0, 0.05) is 11.9 Å². The second-order valence-corrected chi connectivity index (χ2v) is 6.08. The van der Waals surface area contributed by atoms with Gasteiger partial charge in [-0.25, -0.2) is 0 Å². The van der Waals surface area contributed by atoms with Crippen molar-refractivity contribution in [1.82, 2.24) is 4.98 Å². The van der Waals surface area contributed by atoms with Crippen molar-refractivity contribution in [3.8, 4) is 6.07 Å². The van der Waals surface area contributed by atoms with Crippen LogP contribution in [0.1, 0.15) is 16.1 Å². The lowest BCUT2D eigenvalue weighted by molar-refractivity contribution is 0.102. The second-order valence-electron chi connectivity index (χ2n) is 5.26. The quantitative estimate of drug-likeness (QED) is 0.645. The Kier molecular flexibility index (Phi) is 5.37. The molecule has 0 radical (unpaired) electrons. The van der Waals surface area contributed by atoms with Gasteiger partial charge in [0.15, 0.2) is 0 Å². The molecule has 0 saturated carbocycles. The number of anilines is 3. The smallest absolute Gasteiger partial charge is 0.274 e. The van der Waals surface area contributed by atoms with Crippen LogP contribution < -0.4 is 10.6 Å². The molecule has 0 aliphatic rings. The summed E-state index contributed by atoms with van der Waals surface area (Å²) in [4.78, 5) is 16.5. The molecule has 0 unspecified atom stereocenters. The van der Waals surface area contributed by atoms with E-state index in [9.17, 15) is 4.79 Å². The second kappa shape index (κ2) is 7.87. The molecule has 0 aliphatic heterocycles. The van der Waals surface area contributed by atoms with Gasteiger partial charge in [0.2, 0.25) is 0 Å². The minimum atomic E-state index is -0.429. The largest absolute Gasteiger partial charge is 0.353 e. The van der Waals surface area contributed by atoms with Gasteiger partial charge in [-0.2, -0.15) is 5.26 Å². The number of para-hydroxylation sites is 2. The zero-order valence-electron chi connectivity index (χ0n) is 13.3. The van der Waals surface area contributed by atoms with Gasteiger partial charge in [-0.3, -0.25) is 9.78 Å². The number of carbonyl (C=O) groups excluding carboxylic acids is 1. The van der Waals surface area contributed by atoms with E-state index in [4.69, 9.17) is 28.5 Å². The number of rotatable bonds is 4. The minimum absolute atomic E-state index is 0.186. The predicted molar refractivity (Wildman–Crippen MR) is 103 cm³/mol. The van der Waals surface area contributed by atoms with Crippen molar-refractivity contribution >= 4 is 46.2 Å². The molecule has 5 nitrogen and oxygen atoms in total. The fourth-order valence-corrected chi connectivity index (χ4v) is 2.76. The summed E-state index contributed by atoms with van der Waals surface area (Å²) in [5, 5.41) is 15.8. The highest BCUT2D eigenvalue weighted by molar-refractivity contribution is 6.39. The van der Waals surface area contributed by atoms with E-state index in [2.05, 4.69) is 15.6 Å². The number of hydrogen-bond acceptors (Lipinski definition) is 4. The third-order valence-electron chi connectivity index (χ3n) is 3.52. The van der Waals surface area contributed by atoms with Crippen LogP contribution in [0.3, 0.4) is 0 Å². The summed E-state index contributed by atoms with van der Waals surface area (Å²) in [6.07, 6.45) is 1.50. The van der Waals surface area contributed by atoms with Crippen molar-refractivity contribution in [2.45, 2.75) is 0 Å². The molecule has 0 fully saturated rings. The van der Waals surface area contributed by atoms with Crippen molar-refractivity contribution in [2.75, 3.05) is 10.6 Å². The van der Waals surface area contributed by atoms with Crippen LogP contribution in [0.4, 0.5) is 17.1 Å². The predicted octanol–water partition coefficient (Wildman–Crippen LogP) is 5.26. The van der Waals surface area contributed by atoms with Crippen LogP contribution in [0.25, 0.3) is 0 Å². The van der Waals surface area contributed by atoms with E-state index in [0.717, 1.165) is 0 Å². The average molecular weight is 383 g/mol. The molecule has 3 aromatic rings. The summed E-state index contributed by atoms with van der Waals surface area (Å²) in [6.45, 7) is 0. The molecular formula is C19H12Cl2N4O. The van der Waals surface area contributed by atoms with Crippen LogP contribution in [0.15, 0.2) is 60.8 Å². The maximum atomic E-state index is 12.5. The van der Waals surface area contributed by atoms with E-state index in [1.165, 1.54) is 6.20 Å². The Bertz CT molecular complexity index is 994. The molecule has 1 amide bonds. The number of pyridine rings is 1. The molecule has 3 rings (SSSR count). The Balaban J connectivity index is 1.83. The van der Waals surface area contributed by atoms with Gasteiger partial charge in [-0.1, -0.05) is 41.4 Å². The van der Waals surface area contributed by atoms with E-state index in [1.807, 2.05) is 6.07 Å². The van der Waals surface area contributed by atoms with Gasteiger partial charge >= 0.3 is 0 Å². The van der Waals surface area contributed by atoms with Crippen LogP contribution in [0.5, 0.6) is 0 Å². The zero-order valence-corrected chi connectivity index (χ0v) is 14.8. The van der Waals surface area contributed by atoms with Crippen molar-refractivity contribution in [3.05, 3.63) is 82.1 Å². The Hall–Kier alpha value is -3.07. The first-order valence-corrected chi connectivity index (χ1v) is 8.31. The highest BCUT2D eigenvalue weighted by Crippen LogP contribution is 2.32. The maximum Gasteiger partial charge on any atom is 0.274 e. The standard InChI is InChI=1S/C19H12Cl2N4O/c20-14-5-3-6-15(21)18(14)24-13-8-9-23-17(10-13)19(26)25-16-7-2-1-4-12(16)11-22/h1-10H,(H,23,24)(H,25,26). The molecule has 0 bridgehead atoms. The monoisotopic (exact) mass is 382 g/mol. The molecular weight excluding hydrogens is 371 g/mol. The summed E-state index contributed by atoms with van der Waals surface area (Å²) >= 11 is 12.3. The number of aromatic nitrogens is 1. The Labute approximate surface area is 160 Å². The lowest BCUT2D eigenvalue weighted by Crippen LogP contribution is -2.14. The van der Waals surface area contributed by atoms with Gasteiger partial charge in [-0.05, 0) is 36.4 Å². The zero-order chi connectivity index (χ0) is 18.5. The van der Waals surface area contributed by atoms with Crippen molar-refractivity contribution in [2.24, 2.45) is 0 Å². The first-order valence-electron chi connectivity index (χ1n) is 7.56. The molecule has 0 aliphatic carbocycles. The van der Waals surface area contributed by atoms with Crippen LogP contribution >= 0.6 is 23.2 Å². The fraction of sp³-hybridized carbons (Fsp3) is 0. The summed E-state index contributed by atoms with van der Waals surface area (Å²) in [5.41, 5.74) is 2.13. The molecule has 2 N–H and O–H groups in total. The first-order chi connectivity index (χ1) is 12.6. The molecule has 128 valence electrons. The minimum Gasteiger partial charge on any atom is -0.353 e. The molecule has 0 atom stereocenters. The van der Waals surface area contributed by atoms with Crippen molar-refractivity contribution < 1.29 is 4.79 Å². The van der Waals surface area contributed by atoms with Gasteiger partial charge in [-0.15, -0.1) is 0 Å². The number of nitrogens with one attached hydrogen (secondary N) is 2. The summed E-state index contributed by atoms with van der Waals surface area (Å²) in [6, 6.07) is 17.2. The number of carbonyl (C=O) groups is 1. The normalized spacial score (nSPS) is 10.0. The molecule has 2 aromatic carbocycles. The first kappa shape index (κ1) is 17.7. The van der Waals surface area contributed by atoms with Gasteiger partial charge in [0.05, 0.1) is 27.0 Å². The Morgan fingerprint density at radius 1 is 1.04 bits per heavy atom. The SMILES string of the molecule is N#Cc1ccccc1NC(=O)c1cc(Nc2c(Cl)cccc2Cl)ccn1. The molecule has 1 heterocycles. The van der Waals surface area contributed by atoms with E-state index in [0.29, 0.717) is 32.7 Å². The van der Waals surface area contributed by atoms with Crippen LogP contribution in [-0.4, -0.2) is 10.9 Å². The van der Waals surface area contributed by atoms with E-state index in [-0.39, 0.29) is 5.69 Å². The number of halogens is 2. The lowest BCUT2D eigenvalue weighted by Gasteiger charge is -2.11. The third-order valence-corrected chi connectivity index (χ3v) is 4.15. The van der Waals surface area contributed by atoms with Gasteiger partial charge in [0.1, 0.15) is 11.8 Å². The number of amides is 1. The highest BCUT2D eigenvalue weighted by atomic mass is 35.5. The van der Waals surface area contributed by atoms with Crippen molar-refractivity contribution in [3.63, 3.8) is 0 Å². The molecule has 1 aromatic heterocycles. The van der Waals surface area contributed by atoms with Crippen LogP contribution in [0, 0.1) is 11.3 Å². The summed E-state index contributed by atoms with van der Waals surface area (Å²) in [5.74, 6) is -0.429. The number of benzene rings is 2. The third kappa shape index (κ3) is 3.94. The Morgan fingerprint density at radius 2 is 1.77 bits per heavy atom. The number of nitrogens with zero attached hydrogens (tertiary/aromatic N) is 2. The molecule has 0 saturated heterocycles. The average Bonchev–Trinajstić information content (AvgIpc) is 2.65. The lowest BCUT2D eigenvalue weighted by atomic mass is 10.2. The molecule has 26 heavy (non-hydrogen) atoms. The van der Waals surface area contributed by atoms with E-state index < -0.39 is 5.91 Å². The van der Waals surface area contributed by atoms with Gasteiger partial charge < -0.3 is 10.6 Å².